The van der Waals surface area contributed by atoms with E-state index in [1.54, 1.807) is 6.26 Å². The fraction of sp³-hybridized carbons (Fsp3) is 0.269. The van der Waals surface area contributed by atoms with Gasteiger partial charge < -0.3 is 14.1 Å². The summed E-state index contributed by atoms with van der Waals surface area (Å²) in [6.07, 6.45) is 5.86. The number of likely N-dealkylation sites (N-methyl/N-ethyl adjacent to an activating group) is 1. The maximum absolute atomic E-state index is 12.6. The summed E-state index contributed by atoms with van der Waals surface area (Å²) in [6, 6.07) is 17.5. The highest BCUT2D eigenvalue weighted by molar-refractivity contribution is 8.15. The third-order valence-corrected chi connectivity index (χ3v) is 6.37. The molecule has 2 heterocycles. The van der Waals surface area contributed by atoms with Crippen molar-refractivity contribution >= 4 is 35.1 Å². The second kappa shape index (κ2) is 11.2. The Morgan fingerprint density at radius 2 is 1.85 bits per heavy atom. The van der Waals surface area contributed by atoms with Crippen molar-refractivity contribution in [1.82, 2.24) is 14.8 Å². The molecule has 4 rings (SSSR count). The molecule has 1 saturated heterocycles. The van der Waals surface area contributed by atoms with E-state index in [1.807, 2.05) is 85.7 Å². The first-order chi connectivity index (χ1) is 16.5. The normalized spacial score (nSPS) is 16.2. The maximum atomic E-state index is 12.6. The number of benzene rings is 2. The summed E-state index contributed by atoms with van der Waals surface area (Å²) >= 11 is 1.11. The van der Waals surface area contributed by atoms with Crippen molar-refractivity contribution in [2.45, 2.75) is 18.3 Å². The molecular weight excluding hydrogens is 450 g/mol. The van der Waals surface area contributed by atoms with Crippen molar-refractivity contribution in [2.75, 3.05) is 27.2 Å². The number of thioether (sulfide) groups is 1. The zero-order valence-electron chi connectivity index (χ0n) is 19.2. The van der Waals surface area contributed by atoms with Crippen LogP contribution in [0, 0.1) is 0 Å². The molecule has 8 heteroatoms. The molecule has 1 aliphatic heterocycles. The molecule has 34 heavy (non-hydrogen) atoms. The molecule has 0 spiro atoms. The minimum atomic E-state index is -0.376. The minimum Gasteiger partial charge on any atom is -0.487 e. The van der Waals surface area contributed by atoms with Crippen molar-refractivity contribution in [3.63, 3.8) is 0 Å². The van der Waals surface area contributed by atoms with E-state index in [9.17, 15) is 9.59 Å². The van der Waals surface area contributed by atoms with Crippen LogP contribution in [0.4, 0.5) is 4.79 Å². The van der Waals surface area contributed by atoms with Crippen LogP contribution in [0.15, 0.2) is 65.3 Å². The van der Waals surface area contributed by atoms with Gasteiger partial charge in [0.05, 0.1) is 5.25 Å². The van der Waals surface area contributed by atoms with Crippen molar-refractivity contribution < 1.29 is 18.7 Å². The van der Waals surface area contributed by atoms with E-state index < -0.39 is 0 Å². The molecule has 0 saturated carbocycles. The van der Waals surface area contributed by atoms with E-state index in [4.69, 9.17) is 9.15 Å². The van der Waals surface area contributed by atoms with Crippen LogP contribution in [0.2, 0.25) is 0 Å². The van der Waals surface area contributed by atoms with Gasteiger partial charge in [-0.1, -0.05) is 54.2 Å². The average molecular weight is 478 g/mol. The van der Waals surface area contributed by atoms with Gasteiger partial charge in [0.2, 0.25) is 11.8 Å². The lowest BCUT2D eigenvalue weighted by atomic mass is 10.1. The molecule has 1 unspecified atom stereocenters. The molecule has 7 nitrogen and oxygen atoms in total. The largest absolute Gasteiger partial charge is 0.487 e. The number of amides is 2. The Kier molecular flexibility index (Phi) is 7.82. The number of nitrogens with zero attached hydrogens (tertiary/aromatic N) is 3. The van der Waals surface area contributed by atoms with Gasteiger partial charge in [-0.15, -0.1) is 0 Å². The minimum absolute atomic E-state index is 0.111. The monoisotopic (exact) mass is 477 g/mol. The number of aromatic nitrogens is 1. The zero-order chi connectivity index (χ0) is 23.9. The second-order valence-corrected chi connectivity index (χ2v) is 9.38. The van der Waals surface area contributed by atoms with Gasteiger partial charge in [-0.2, -0.15) is 0 Å². The van der Waals surface area contributed by atoms with Gasteiger partial charge in [-0.05, 0) is 49.9 Å². The quantitative estimate of drug-likeness (QED) is 0.423. The van der Waals surface area contributed by atoms with Crippen LogP contribution in [-0.4, -0.2) is 58.4 Å². The summed E-state index contributed by atoms with van der Waals surface area (Å²) in [5, 5.41) is -0.540. The molecule has 1 aliphatic rings. The molecule has 176 valence electrons. The summed E-state index contributed by atoms with van der Waals surface area (Å²) in [7, 11) is 3.84. The Hall–Kier alpha value is -3.36. The van der Waals surface area contributed by atoms with E-state index in [-0.39, 0.29) is 23.0 Å². The Morgan fingerprint density at radius 1 is 1.09 bits per heavy atom. The molecule has 1 aromatic heterocycles. The molecule has 2 aromatic carbocycles. The van der Waals surface area contributed by atoms with Gasteiger partial charge >= 0.3 is 0 Å². The summed E-state index contributed by atoms with van der Waals surface area (Å²) in [4.78, 5) is 32.5. The second-order valence-electron chi connectivity index (χ2n) is 8.22. The summed E-state index contributed by atoms with van der Waals surface area (Å²) in [6.45, 7) is 1.37. The van der Waals surface area contributed by atoms with Gasteiger partial charge in [-0.25, -0.2) is 4.98 Å². The van der Waals surface area contributed by atoms with Gasteiger partial charge in [0.25, 0.3) is 5.24 Å². The molecule has 3 aromatic rings. The topological polar surface area (TPSA) is 75.9 Å². The SMILES string of the molecule is CN(C)CCN1C(=O)SC(Cc2ccc(OCc3coc(/C=C/c4ccccc4)n3)cc2)C1=O. The maximum Gasteiger partial charge on any atom is 0.289 e. The first-order valence-electron chi connectivity index (χ1n) is 11.0. The van der Waals surface area contributed by atoms with Crippen LogP contribution in [0.1, 0.15) is 22.7 Å². The number of carbonyl (C=O) groups excluding carboxylic acids is 2. The van der Waals surface area contributed by atoms with E-state index in [2.05, 4.69) is 4.98 Å². The number of carbonyl (C=O) groups is 2. The standard InChI is InChI=1S/C26H27N3O4S/c1-28(2)14-15-29-25(30)23(34-26(29)31)16-20-8-11-22(12-9-20)32-17-21-18-33-24(27-21)13-10-19-6-4-3-5-7-19/h3-13,18,23H,14-17H2,1-2H3/b13-10+. The van der Waals surface area contributed by atoms with Crippen LogP contribution >= 0.6 is 11.8 Å². The third-order valence-electron chi connectivity index (χ3n) is 5.29. The van der Waals surface area contributed by atoms with E-state index in [0.29, 0.717) is 36.8 Å². The molecule has 0 bridgehead atoms. The highest BCUT2D eigenvalue weighted by atomic mass is 32.2. The molecule has 0 aliphatic carbocycles. The third kappa shape index (κ3) is 6.36. The first kappa shape index (κ1) is 23.8. The number of imide groups is 1. The van der Waals surface area contributed by atoms with Crippen LogP contribution in [-0.2, 0) is 17.8 Å². The highest BCUT2D eigenvalue weighted by Gasteiger charge is 2.39. The molecule has 0 N–H and O–H groups in total. The van der Waals surface area contributed by atoms with Gasteiger partial charge in [0.15, 0.2) is 0 Å². The van der Waals surface area contributed by atoms with Crippen molar-refractivity contribution in [3.8, 4) is 5.75 Å². The fourth-order valence-electron chi connectivity index (χ4n) is 3.42. The lowest BCUT2D eigenvalue weighted by Gasteiger charge is -2.16. The highest BCUT2D eigenvalue weighted by Crippen LogP contribution is 2.30. The van der Waals surface area contributed by atoms with Crippen molar-refractivity contribution in [1.29, 1.82) is 0 Å². The predicted octanol–water partition coefficient (Wildman–Crippen LogP) is 4.59. The summed E-state index contributed by atoms with van der Waals surface area (Å²) in [5.41, 5.74) is 2.75. The first-order valence-corrected chi connectivity index (χ1v) is 11.9. The van der Waals surface area contributed by atoms with Gasteiger partial charge in [-0.3, -0.25) is 14.5 Å². The predicted molar refractivity (Wildman–Crippen MR) is 133 cm³/mol. The summed E-state index contributed by atoms with van der Waals surface area (Å²) in [5.74, 6) is 1.10. The Bertz CT molecular complexity index is 1140. The van der Waals surface area contributed by atoms with E-state index in [0.717, 1.165) is 22.9 Å². The number of rotatable bonds is 10. The molecule has 0 radical (unpaired) electrons. The summed E-state index contributed by atoms with van der Waals surface area (Å²) < 4.78 is 11.3. The van der Waals surface area contributed by atoms with Crippen LogP contribution < -0.4 is 4.74 Å². The van der Waals surface area contributed by atoms with Crippen LogP contribution in [0.5, 0.6) is 5.75 Å². The van der Waals surface area contributed by atoms with Gasteiger partial charge in [0.1, 0.15) is 24.3 Å². The number of hydrogen-bond acceptors (Lipinski definition) is 7. The Labute approximate surface area is 203 Å². The smallest absolute Gasteiger partial charge is 0.289 e. The van der Waals surface area contributed by atoms with Gasteiger partial charge in [0, 0.05) is 19.2 Å². The van der Waals surface area contributed by atoms with Crippen molar-refractivity contribution in [3.05, 3.63) is 83.6 Å². The lowest BCUT2D eigenvalue weighted by Crippen LogP contribution is -2.37. The number of ether oxygens (including phenoxy) is 1. The molecular formula is C26H27N3O4S. The van der Waals surface area contributed by atoms with Crippen LogP contribution in [0.25, 0.3) is 12.2 Å². The van der Waals surface area contributed by atoms with E-state index in [1.165, 1.54) is 4.90 Å². The Morgan fingerprint density at radius 3 is 2.59 bits per heavy atom. The van der Waals surface area contributed by atoms with E-state index >= 15 is 0 Å². The average Bonchev–Trinajstić information content (AvgIpc) is 3.40. The fourth-order valence-corrected chi connectivity index (χ4v) is 4.48. The lowest BCUT2D eigenvalue weighted by molar-refractivity contribution is -0.126. The number of oxazole rings is 1. The zero-order valence-corrected chi connectivity index (χ0v) is 20.0. The van der Waals surface area contributed by atoms with Crippen LogP contribution in [0.3, 0.4) is 0 Å². The molecule has 1 atom stereocenters. The molecule has 1 fully saturated rings. The molecule has 2 amide bonds. The van der Waals surface area contributed by atoms with Crippen molar-refractivity contribution in [2.24, 2.45) is 0 Å². The number of hydrogen-bond donors (Lipinski definition) is 0. The Balaban J connectivity index is 1.27.